The first-order chi connectivity index (χ1) is 5.41. The van der Waals surface area contributed by atoms with Gasteiger partial charge in [0.1, 0.15) is 0 Å². The standard InChI is InChI=1S/C9H16BrNO/c1-6-4-7(6)5-11-8(12)9(2,3)10/h6-7H,4-5H2,1-3H3,(H,11,12). The molecule has 0 radical (unpaired) electrons. The van der Waals surface area contributed by atoms with Crippen LogP contribution in [0.25, 0.3) is 0 Å². The Kier molecular flexibility index (Phi) is 2.81. The lowest BCUT2D eigenvalue weighted by Gasteiger charge is -2.15. The summed E-state index contributed by atoms with van der Waals surface area (Å²) >= 11 is 3.32. The van der Waals surface area contributed by atoms with E-state index >= 15 is 0 Å². The van der Waals surface area contributed by atoms with Crippen LogP contribution in [0.5, 0.6) is 0 Å². The minimum Gasteiger partial charge on any atom is -0.355 e. The molecule has 1 aliphatic carbocycles. The van der Waals surface area contributed by atoms with Crippen molar-refractivity contribution in [1.29, 1.82) is 0 Å². The topological polar surface area (TPSA) is 29.1 Å². The molecule has 12 heavy (non-hydrogen) atoms. The Hall–Kier alpha value is -0.0500. The summed E-state index contributed by atoms with van der Waals surface area (Å²) in [5.41, 5.74) is 0. The van der Waals surface area contributed by atoms with E-state index in [0.29, 0.717) is 0 Å². The molecule has 1 rings (SSSR count). The molecule has 1 saturated carbocycles. The maximum Gasteiger partial charge on any atom is 0.236 e. The highest BCUT2D eigenvalue weighted by Gasteiger charge is 2.33. The van der Waals surface area contributed by atoms with Gasteiger partial charge in [0.25, 0.3) is 0 Å². The van der Waals surface area contributed by atoms with Crippen LogP contribution in [-0.4, -0.2) is 16.8 Å². The van der Waals surface area contributed by atoms with E-state index in [4.69, 9.17) is 0 Å². The highest BCUT2D eigenvalue weighted by molar-refractivity contribution is 9.10. The minimum absolute atomic E-state index is 0.0848. The first-order valence-electron chi connectivity index (χ1n) is 4.38. The number of rotatable bonds is 3. The van der Waals surface area contributed by atoms with Gasteiger partial charge in [-0.3, -0.25) is 4.79 Å². The number of halogens is 1. The zero-order valence-electron chi connectivity index (χ0n) is 7.86. The van der Waals surface area contributed by atoms with E-state index < -0.39 is 4.32 Å². The van der Waals surface area contributed by atoms with Crippen molar-refractivity contribution in [2.24, 2.45) is 11.8 Å². The summed E-state index contributed by atoms with van der Waals surface area (Å²) in [4.78, 5) is 11.3. The molecule has 0 aliphatic heterocycles. The Morgan fingerprint density at radius 1 is 1.67 bits per heavy atom. The number of alkyl halides is 1. The van der Waals surface area contributed by atoms with Crippen LogP contribution in [-0.2, 0) is 4.79 Å². The number of carbonyl (C=O) groups excluding carboxylic acids is 1. The number of hydrogen-bond donors (Lipinski definition) is 1. The van der Waals surface area contributed by atoms with Gasteiger partial charge in [0.05, 0.1) is 4.32 Å². The van der Waals surface area contributed by atoms with Crippen LogP contribution in [0, 0.1) is 11.8 Å². The Morgan fingerprint density at radius 3 is 2.50 bits per heavy atom. The third-order valence-electron chi connectivity index (χ3n) is 2.34. The van der Waals surface area contributed by atoms with E-state index in [1.165, 1.54) is 6.42 Å². The van der Waals surface area contributed by atoms with Crippen molar-refractivity contribution in [3.63, 3.8) is 0 Å². The molecule has 0 saturated heterocycles. The first kappa shape index (κ1) is 10.0. The quantitative estimate of drug-likeness (QED) is 0.743. The van der Waals surface area contributed by atoms with Crippen LogP contribution in [0.3, 0.4) is 0 Å². The Balaban J connectivity index is 2.19. The van der Waals surface area contributed by atoms with Gasteiger partial charge in [-0.2, -0.15) is 0 Å². The molecule has 2 nitrogen and oxygen atoms in total. The van der Waals surface area contributed by atoms with Crippen molar-refractivity contribution in [3.8, 4) is 0 Å². The molecule has 0 spiro atoms. The number of nitrogens with one attached hydrogen (secondary N) is 1. The minimum atomic E-state index is -0.425. The average Bonchev–Trinajstić information content (AvgIpc) is 2.59. The smallest absolute Gasteiger partial charge is 0.236 e. The molecular formula is C9H16BrNO. The predicted octanol–water partition coefficient (Wildman–Crippen LogP) is 1.93. The second kappa shape index (κ2) is 3.36. The second-order valence-electron chi connectivity index (χ2n) is 4.16. The van der Waals surface area contributed by atoms with Gasteiger partial charge in [0, 0.05) is 6.54 Å². The van der Waals surface area contributed by atoms with Crippen LogP contribution in [0.2, 0.25) is 0 Å². The molecule has 3 heteroatoms. The van der Waals surface area contributed by atoms with E-state index in [1.54, 1.807) is 0 Å². The summed E-state index contributed by atoms with van der Waals surface area (Å²) in [5.74, 6) is 1.62. The number of hydrogen-bond acceptors (Lipinski definition) is 1. The largest absolute Gasteiger partial charge is 0.355 e. The Morgan fingerprint density at radius 2 is 2.17 bits per heavy atom. The van der Waals surface area contributed by atoms with Crippen molar-refractivity contribution >= 4 is 21.8 Å². The SMILES string of the molecule is CC1CC1CNC(=O)C(C)(C)Br. The second-order valence-corrected chi connectivity index (χ2v) is 6.14. The van der Waals surface area contributed by atoms with Crippen LogP contribution in [0.15, 0.2) is 0 Å². The van der Waals surface area contributed by atoms with Crippen molar-refractivity contribution in [2.45, 2.75) is 31.5 Å². The molecule has 1 amide bonds. The Labute approximate surface area is 82.2 Å². The van der Waals surface area contributed by atoms with Gasteiger partial charge in [0.15, 0.2) is 0 Å². The Bertz CT molecular complexity index is 185. The number of carbonyl (C=O) groups is 1. The summed E-state index contributed by atoms with van der Waals surface area (Å²) in [5, 5.41) is 2.93. The average molecular weight is 234 g/mol. The molecule has 2 unspecified atom stereocenters. The van der Waals surface area contributed by atoms with Crippen molar-refractivity contribution < 1.29 is 4.79 Å². The van der Waals surface area contributed by atoms with Crippen LogP contribution in [0.4, 0.5) is 0 Å². The molecule has 1 aliphatic rings. The summed E-state index contributed by atoms with van der Waals surface area (Å²) in [7, 11) is 0. The third-order valence-corrected chi connectivity index (χ3v) is 2.70. The van der Waals surface area contributed by atoms with Crippen molar-refractivity contribution in [2.75, 3.05) is 6.54 Å². The molecule has 1 N–H and O–H groups in total. The van der Waals surface area contributed by atoms with Gasteiger partial charge in [-0.25, -0.2) is 0 Å². The lowest BCUT2D eigenvalue weighted by Crippen LogP contribution is -2.38. The molecule has 2 atom stereocenters. The fourth-order valence-electron chi connectivity index (χ4n) is 1.12. The molecule has 1 fully saturated rings. The number of amides is 1. The maximum atomic E-state index is 11.3. The van der Waals surface area contributed by atoms with E-state index in [1.807, 2.05) is 13.8 Å². The first-order valence-corrected chi connectivity index (χ1v) is 5.18. The van der Waals surface area contributed by atoms with Crippen molar-refractivity contribution in [3.05, 3.63) is 0 Å². The predicted molar refractivity (Wildman–Crippen MR) is 53.3 cm³/mol. The molecule has 0 bridgehead atoms. The molecule has 0 aromatic carbocycles. The summed E-state index contributed by atoms with van der Waals surface area (Å²) in [6.07, 6.45) is 1.27. The van der Waals surface area contributed by atoms with Gasteiger partial charge in [-0.05, 0) is 32.1 Å². The van der Waals surface area contributed by atoms with Gasteiger partial charge in [0.2, 0.25) is 5.91 Å². The van der Waals surface area contributed by atoms with Crippen molar-refractivity contribution in [1.82, 2.24) is 5.32 Å². The van der Waals surface area contributed by atoms with Crippen LogP contribution < -0.4 is 5.32 Å². The molecule has 0 heterocycles. The van der Waals surface area contributed by atoms with Gasteiger partial charge in [-0.1, -0.05) is 22.9 Å². The normalized spacial score (nSPS) is 28.3. The summed E-state index contributed by atoms with van der Waals surface area (Å²) in [6, 6.07) is 0. The summed E-state index contributed by atoms with van der Waals surface area (Å²) in [6.45, 7) is 6.78. The highest BCUT2D eigenvalue weighted by Crippen LogP contribution is 2.36. The van der Waals surface area contributed by atoms with Crippen LogP contribution >= 0.6 is 15.9 Å². The van der Waals surface area contributed by atoms with E-state index in [0.717, 1.165) is 18.4 Å². The van der Waals surface area contributed by atoms with Gasteiger partial charge < -0.3 is 5.32 Å². The third kappa shape index (κ3) is 2.77. The fraction of sp³-hybridized carbons (Fsp3) is 0.889. The van der Waals surface area contributed by atoms with E-state index in [-0.39, 0.29) is 5.91 Å². The van der Waals surface area contributed by atoms with E-state index in [9.17, 15) is 4.79 Å². The fourth-order valence-corrected chi connectivity index (χ4v) is 1.26. The lowest BCUT2D eigenvalue weighted by atomic mass is 10.2. The monoisotopic (exact) mass is 233 g/mol. The molecule has 70 valence electrons. The summed E-state index contributed by atoms with van der Waals surface area (Å²) < 4.78 is -0.425. The van der Waals surface area contributed by atoms with Crippen LogP contribution in [0.1, 0.15) is 27.2 Å². The molecular weight excluding hydrogens is 218 g/mol. The molecule has 0 aromatic rings. The molecule has 0 aromatic heterocycles. The highest BCUT2D eigenvalue weighted by atomic mass is 79.9. The van der Waals surface area contributed by atoms with E-state index in [2.05, 4.69) is 28.2 Å². The van der Waals surface area contributed by atoms with Gasteiger partial charge >= 0.3 is 0 Å². The lowest BCUT2D eigenvalue weighted by molar-refractivity contribution is -0.122. The zero-order valence-corrected chi connectivity index (χ0v) is 9.44. The maximum absolute atomic E-state index is 11.3. The zero-order chi connectivity index (χ0) is 9.35. The van der Waals surface area contributed by atoms with Gasteiger partial charge in [-0.15, -0.1) is 0 Å².